The van der Waals surface area contributed by atoms with E-state index >= 15 is 0 Å². The first-order chi connectivity index (χ1) is 5.47. The van der Waals surface area contributed by atoms with Crippen molar-refractivity contribution in [3.63, 3.8) is 0 Å². The van der Waals surface area contributed by atoms with E-state index in [9.17, 15) is 0 Å². The van der Waals surface area contributed by atoms with Crippen LogP contribution in [0.5, 0.6) is 0 Å². The van der Waals surface area contributed by atoms with Crippen molar-refractivity contribution in [2.24, 2.45) is 0 Å². The lowest BCUT2D eigenvalue weighted by molar-refractivity contribution is 0.454. The van der Waals surface area contributed by atoms with Crippen molar-refractivity contribution in [3.05, 3.63) is 11.9 Å². The third-order valence-corrected chi connectivity index (χ3v) is 2.15. The molecule has 1 saturated heterocycles. The van der Waals surface area contributed by atoms with Gasteiger partial charge in [-0.3, -0.25) is 0 Å². The number of nitrogens with zero attached hydrogens (tertiary/aromatic N) is 2. The molecule has 0 radical (unpaired) electrons. The molecule has 1 aliphatic heterocycles. The predicted octanol–water partition coefficient (Wildman–Crippen LogP) is 0.272. The number of piperidine rings is 1. The highest BCUT2D eigenvalue weighted by atomic mass is 15.3. The molecule has 2 N–H and O–H groups in total. The summed E-state index contributed by atoms with van der Waals surface area (Å²) in [6.07, 6.45) is 4.30. The number of rotatable bonds is 1. The van der Waals surface area contributed by atoms with E-state index in [2.05, 4.69) is 20.7 Å². The largest absolute Gasteiger partial charge is 0.316 e. The lowest BCUT2D eigenvalue weighted by Crippen LogP contribution is -2.28. The number of aromatic nitrogens is 3. The Bertz CT molecular complexity index is 200. The summed E-state index contributed by atoms with van der Waals surface area (Å²) in [4.78, 5) is 0. The van der Waals surface area contributed by atoms with Crippen LogP contribution in [0, 0.1) is 0 Å². The molecule has 4 heteroatoms. The Balaban J connectivity index is 2.04. The van der Waals surface area contributed by atoms with E-state index in [-0.39, 0.29) is 0 Å². The second kappa shape index (κ2) is 3.00. The SMILES string of the molecule is c1n[nH]nc1[C@H]1CCCNC1. The molecule has 2 heterocycles. The van der Waals surface area contributed by atoms with E-state index < -0.39 is 0 Å². The molecule has 0 spiro atoms. The van der Waals surface area contributed by atoms with Crippen LogP contribution in [-0.2, 0) is 0 Å². The molecular weight excluding hydrogens is 140 g/mol. The average Bonchev–Trinajstić information content (AvgIpc) is 2.58. The molecule has 1 aromatic rings. The van der Waals surface area contributed by atoms with E-state index in [4.69, 9.17) is 0 Å². The second-order valence-corrected chi connectivity index (χ2v) is 2.94. The molecule has 0 saturated carbocycles. The number of aromatic amines is 1. The normalized spacial score (nSPS) is 25.3. The summed E-state index contributed by atoms with van der Waals surface area (Å²) in [5, 5.41) is 13.8. The third kappa shape index (κ3) is 1.40. The van der Waals surface area contributed by atoms with Crippen LogP contribution in [0.4, 0.5) is 0 Å². The standard InChI is InChI=1S/C7H12N4/c1-2-6(4-8-3-1)7-5-9-11-10-7/h5-6,8H,1-4H2,(H,9,10,11)/t6-/m0/s1. The van der Waals surface area contributed by atoms with Gasteiger partial charge in [-0.1, -0.05) is 0 Å². The van der Waals surface area contributed by atoms with E-state index in [0.29, 0.717) is 5.92 Å². The fourth-order valence-electron chi connectivity index (χ4n) is 1.51. The highest BCUT2D eigenvalue weighted by Crippen LogP contribution is 2.19. The first-order valence-corrected chi connectivity index (χ1v) is 4.03. The van der Waals surface area contributed by atoms with Crippen LogP contribution in [0.2, 0.25) is 0 Å². The van der Waals surface area contributed by atoms with Crippen molar-refractivity contribution >= 4 is 0 Å². The Morgan fingerprint density at radius 1 is 1.55 bits per heavy atom. The van der Waals surface area contributed by atoms with Gasteiger partial charge in [-0.05, 0) is 19.4 Å². The van der Waals surface area contributed by atoms with Crippen molar-refractivity contribution in [2.45, 2.75) is 18.8 Å². The minimum Gasteiger partial charge on any atom is -0.316 e. The highest BCUT2D eigenvalue weighted by molar-refractivity contribution is 5.02. The fraction of sp³-hybridized carbons (Fsp3) is 0.714. The molecule has 1 aromatic heterocycles. The molecule has 1 fully saturated rings. The summed E-state index contributed by atoms with van der Waals surface area (Å²) in [6, 6.07) is 0. The van der Waals surface area contributed by atoms with E-state index in [0.717, 1.165) is 18.8 Å². The minimum absolute atomic E-state index is 0.572. The third-order valence-electron chi connectivity index (χ3n) is 2.15. The van der Waals surface area contributed by atoms with Crippen LogP contribution in [0.3, 0.4) is 0 Å². The molecule has 4 nitrogen and oxygen atoms in total. The summed E-state index contributed by atoms with van der Waals surface area (Å²) in [7, 11) is 0. The summed E-state index contributed by atoms with van der Waals surface area (Å²) < 4.78 is 0. The van der Waals surface area contributed by atoms with E-state index in [1.54, 1.807) is 0 Å². The summed E-state index contributed by atoms with van der Waals surface area (Å²) in [5.74, 6) is 0.572. The molecule has 60 valence electrons. The van der Waals surface area contributed by atoms with Crippen LogP contribution in [-0.4, -0.2) is 28.5 Å². The van der Waals surface area contributed by atoms with Crippen molar-refractivity contribution in [1.29, 1.82) is 0 Å². The summed E-state index contributed by atoms with van der Waals surface area (Å²) >= 11 is 0. The van der Waals surface area contributed by atoms with Gasteiger partial charge in [0.2, 0.25) is 0 Å². The molecule has 1 aliphatic rings. The minimum atomic E-state index is 0.572. The van der Waals surface area contributed by atoms with Gasteiger partial charge in [0.25, 0.3) is 0 Å². The zero-order valence-electron chi connectivity index (χ0n) is 6.38. The zero-order chi connectivity index (χ0) is 7.52. The topological polar surface area (TPSA) is 53.6 Å². The monoisotopic (exact) mass is 152 g/mol. The zero-order valence-corrected chi connectivity index (χ0v) is 6.38. The van der Waals surface area contributed by atoms with Gasteiger partial charge in [0.05, 0.1) is 11.9 Å². The maximum absolute atomic E-state index is 4.06. The van der Waals surface area contributed by atoms with Crippen molar-refractivity contribution in [2.75, 3.05) is 13.1 Å². The second-order valence-electron chi connectivity index (χ2n) is 2.94. The van der Waals surface area contributed by atoms with Gasteiger partial charge in [-0.25, -0.2) is 0 Å². The quantitative estimate of drug-likeness (QED) is 0.607. The Hall–Kier alpha value is -0.900. The lowest BCUT2D eigenvalue weighted by atomic mass is 9.97. The molecule has 0 aliphatic carbocycles. The lowest BCUT2D eigenvalue weighted by Gasteiger charge is -2.20. The number of hydrogen-bond acceptors (Lipinski definition) is 3. The Morgan fingerprint density at radius 3 is 3.18 bits per heavy atom. The predicted molar refractivity (Wildman–Crippen MR) is 41.2 cm³/mol. The van der Waals surface area contributed by atoms with Crippen molar-refractivity contribution in [1.82, 2.24) is 20.7 Å². The molecule has 0 aromatic carbocycles. The first kappa shape index (κ1) is 6.79. The van der Waals surface area contributed by atoms with Crippen molar-refractivity contribution < 1.29 is 0 Å². The van der Waals surface area contributed by atoms with E-state index in [1.807, 2.05) is 6.20 Å². The van der Waals surface area contributed by atoms with Gasteiger partial charge in [0.1, 0.15) is 0 Å². The number of nitrogens with one attached hydrogen (secondary N) is 2. The van der Waals surface area contributed by atoms with Gasteiger partial charge in [-0.15, -0.1) is 0 Å². The molecule has 2 rings (SSSR count). The summed E-state index contributed by atoms with van der Waals surface area (Å²) in [6.45, 7) is 2.20. The Morgan fingerprint density at radius 2 is 2.55 bits per heavy atom. The smallest absolute Gasteiger partial charge is 0.0868 e. The average molecular weight is 152 g/mol. The molecule has 1 atom stereocenters. The number of H-pyrrole nitrogens is 1. The van der Waals surface area contributed by atoms with Gasteiger partial charge < -0.3 is 5.32 Å². The van der Waals surface area contributed by atoms with Crippen LogP contribution >= 0.6 is 0 Å². The first-order valence-electron chi connectivity index (χ1n) is 4.03. The molecular formula is C7H12N4. The van der Waals surface area contributed by atoms with E-state index in [1.165, 1.54) is 12.8 Å². The molecule has 0 unspecified atom stereocenters. The Labute approximate surface area is 65.4 Å². The van der Waals surface area contributed by atoms with Crippen LogP contribution in [0.1, 0.15) is 24.5 Å². The van der Waals surface area contributed by atoms with Crippen LogP contribution in [0.25, 0.3) is 0 Å². The Kier molecular flexibility index (Phi) is 1.85. The maximum Gasteiger partial charge on any atom is 0.0868 e. The number of hydrogen-bond donors (Lipinski definition) is 2. The van der Waals surface area contributed by atoms with Gasteiger partial charge in [0, 0.05) is 12.5 Å². The highest BCUT2D eigenvalue weighted by Gasteiger charge is 2.16. The van der Waals surface area contributed by atoms with Crippen molar-refractivity contribution in [3.8, 4) is 0 Å². The maximum atomic E-state index is 4.06. The van der Waals surface area contributed by atoms with Crippen LogP contribution < -0.4 is 5.32 Å². The molecule has 0 bridgehead atoms. The van der Waals surface area contributed by atoms with Crippen LogP contribution in [0.15, 0.2) is 6.20 Å². The van der Waals surface area contributed by atoms with Gasteiger partial charge in [-0.2, -0.15) is 15.4 Å². The fourth-order valence-corrected chi connectivity index (χ4v) is 1.51. The van der Waals surface area contributed by atoms with Gasteiger partial charge in [0.15, 0.2) is 0 Å². The molecule has 11 heavy (non-hydrogen) atoms. The summed E-state index contributed by atoms with van der Waals surface area (Å²) in [5.41, 5.74) is 1.09. The molecule has 0 amide bonds. The van der Waals surface area contributed by atoms with Gasteiger partial charge >= 0.3 is 0 Å².